The highest BCUT2D eigenvalue weighted by Gasteiger charge is 0.707. The van der Waals surface area contributed by atoms with E-state index in [-0.39, 0.29) is 0 Å². The molecule has 0 rings (SSSR count). The predicted octanol–water partition coefficient (Wildman–Crippen LogP) is -0.118. The molecule has 0 aliphatic heterocycles. The van der Waals surface area contributed by atoms with Crippen molar-refractivity contribution in [3.8, 4) is 0 Å². The van der Waals surface area contributed by atoms with Gasteiger partial charge in [-0.15, -0.1) is 0 Å². The molecular weight excluding hydrogens is 60.0 g/mol. The van der Waals surface area contributed by atoms with Crippen LogP contribution < -0.4 is 0 Å². The molecule has 0 aromatic carbocycles. The van der Waals surface area contributed by atoms with Crippen molar-refractivity contribution in [1.29, 1.82) is 0 Å². The van der Waals surface area contributed by atoms with Gasteiger partial charge in [0, 0.05) is 9.93 Å². The molecule has 3 heteroatoms. The molecule has 0 aliphatic rings. The molecule has 0 unspecified atom stereocenters. The van der Waals surface area contributed by atoms with E-state index in [0.29, 0.717) is 0 Å². The molecule has 0 aromatic heterocycles. The fraction of sp³-hybridized carbons (Fsp3) is 0. The summed E-state index contributed by atoms with van der Waals surface area (Å²) in [6.45, 7) is 2.00. The Morgan fingerprint density at radius 2 is 1.00 bits per heavy atom. The van der Waals surface area contributed by atoms with Crippen LogP contribution in [0.25, 0.3) is 0 Å². The quantitative estimate of drug-likeness (QED) is 0.393. The number of carbonyl (C=O) groups is 1. The van der Waals surface area contributed by atoms with Crippen LogP contribution in [0.1, 0.15) is 0 Å². The van der Waals surface area contributed by atoms with Crippen LogP contribution in [0.5, 0.6) is 0 Å². The number of hydrogen-bond acceptors (Lipinski definition) is 3. The molecule has 0 aliphatic carbocycles. The standard InChI is InChI=1S/CH2O.O2/c2*1-2/h1H2;. The first kappa shape index (κ1) is 10.4. The first-order chi connectivity index (χ1) is 2.00. The topological polar surface area (TPSA) is 51.2 Å². The molecule has 24 valence electrons. The molecular formula is CH2O3. The highest BCUT2D eigenvalue weighted by Crippen LogP contribution is 0.741. The van der Waals surface area contributed by atoms with Gasteiger partial charge in [-0.3, -0.25) is 0 Å². The van der Waals surface area contributed by atoms with Crippen molar-refractivity contribution in [2.24, 2.45) is 0 Å². The van der Waals surface area contributed by atoms with Crippen molar-refractivity contribution in [2.45, 2.75) is 0 Å². The maximum atomic E-state index is 8.00. The molecule has 0 atom stereocenters. The Bertz CT molecular complexity index is 5.25. The molecule has 0 saturated heterocycles. The number of hydrogen-bond donors (Lipinski definition) is 0. The summed E-state index contributed by atoms with van der Waals surface area (Å²) >= 11 is 0. The molecule has 0 spiro atoms. The Morgan fingerprint density at radius 3 is 1.00 bits per heavy atom. The lowest BCUT2D eigenvalue weighted by molar-refractivity contribution is -0.0979. The van der Waals surface area contributed by atoms with E-state index in [1.165, 1.54) is 0 Å². The van der Waals surface area contributed by atoms with E-state index in [1.807, 2.05) is 6.79 Å². The molecule has 4 heavy (non-hydrogen) atoms. The van der Waals surface area contributed by atoms with E-state index in [0.717, 1.165) is 0 Å². The molecule has 0 bridgehead atoms. The van der Waals surface area contributed by atoms with Crippen molar-refractivity contribution in [2.75, 3.05) is 0 Å². The smallest absolute Gasteiger partial charge is 0.106 e. The summed E-state index contributed by atoms with van der Waals surface area (Å²) in [4.78, 5) is 22.0. The Kier molecular flexibility index (Phi) is 17.9. The van der Waals surface area contributed by atoms with Gasteiger partial charge in [-0.05, 0) is 0 Å². The molecule has 0 heterocycles. The van der Waals surface area contributed by atoms with E-state index in [1.54, 1.807) is 0 Å². The maximum absolute atomic E-state index is 8.00. The average molecular weight is 62.0 g/mol. The van der Waals surface area contributed by atoms with Crippen molar-refractivity contribution in [3.05, 3.63) is 9.93 Å². The molecule has 3 nitrogen and oxygen atoms in total. The van der Waals surface area contributed by atoms with E-state index in [2.05, 4.69) is 0 Å². The number of carbonyl (C=O) groups excluding carboxylic acids is 1. The van der Waals surface area contributed by atoms with Crippen LogP contribution in [0.15, 0.2) is 0 Å². The van der Waals surface area contributed by atoms with Crippen LogP contribution in [-0.4, -0.2) is 6.79 Å². The Labute approximate surface area is 22.8 Å². The summed E-state index contributed by atoms with van der Waals surface area (Å²) in [5.41, 5.74) is 0. The minimum atomic E-state index is 2.00. The maximum Gasteiger partial charge on any atom is 0.106 e. The summed E-state index contributed by atoms with van der Waals surface area (Å²) in [6.07, 6.45) is 0. The highest BCUT2D eigenvalue weighted by molar-refractivity contribution is 5.10. The molecule has 0 fully saturated rings. The van der Waals surface area contributed by atoms with Crippen LogP contribution in [0.3, 0.4) is 0 Å². The van der Waals surface area contributed by atoms with Gasteiger partial charge in [0.1, 0.15) is 6.79 Å². The van der Waals surface area contributed by atoms with Crippen LogP contribution >= 0.6 is 0 Å². The van der Waals surface area contributed by atoms with Crippen LogP contribution in [0.2, 0.25) is 0 Å². The van der Waals surface area contributed by atoms with Crippen molar-refractivity contribution >= 4 is 6.79 Å². The lowest BCUT2D eigenvalue weighted by Crippen LogP contribution is -0.925. The highest BCUT2D eigenvalue weighted by atomic mass is 16.7. The lowest BCUT2D eigenvalue weighted by atomic mass is 11.9. The van der Waals surface area contributed by atoms with Gasteiger partial charge in [-0.1, -0.05) is 0 Å². The van der Waals surface area contributed by atoms with Crippen molar-refractivity contribution in [3.63, 3.8) is 0 Å². The van der Waals surface area contributed by atoms with E-state index >= 15 is 0 Å². The third-order valence-corrected chi connectivity index (χ3v) is 0. The van der Waals surface area contributed by atoms with Gasteiger partial charge in [-0.25, -0.2) is 0 Å². The minimum absolute atomic E-state index is 2.00. The normalized spacial score (nSPS) is 2.00. The predicted molar refractivity (Wildman–Crippen MR) is 13.9 cm³/mol. The van der Waals surface area contributed by atoms with Gasteiger partial charge in [0.05, 0.1) is 0 Å². The zero-order chi connectivity index (χ0) is 4.00. The molecule has 0 aromatic rings. The third kappa shape index (κ3) is 0.174. The van der Waals surface area contributed by atoms with Crippen molar-refractivity contribution < 1.29 is 4.79 Å². The van der Waals surface area contributed by atoms with Crippen LogP contribution in [-0.2, 0) is 4.79 Å². The second-order valence-corrected chi connectivity index (χ2v) is 0. The number of rotatable bonds is 0. The molecule has 0 amide bonds. The van der Waals surface area contributed by atoms with Crippen LogP contribution in [0.4, 0.5) is 0 Å². The Morgan fingerprint density at radius 1 is 1.00 bits per heavy atom. The van der Waals surface area contributed by atoms with Gasteiger partial charge in [-0.2, -0.15) is 0 Å². The van der Waals surface area contributed by atoms with E-state index in [4.69, 9.17) is 14.7 Å². The van der Waals surface area contributed by atoms with Gasteiger partial charge >= 0.3 is 0 Å². The summed E-state index contributed by atoms with van der Waals surface area (Å²) in [6, 6.07) is 0. The fourth-order valence-electron chi connectivity index (χ4n) is 0. The summed E-state index contributed by atoms with van der Waals surface area (Å²) < 4.78 is 0. The summed E-state index contributed by atoms with van der Waals surface area (Å²) in [5, 5.41) is 0. The first-order valence-corrected chi connectivity index (χ1v) is 0.455. The fourth-order valence-corrected chi connectivity index (χ4v) is 0. The van der Waals surface area contributed by atoms with E-state index in [9.17, 15) is 0 Å². The minimum Gasteiger partial charge on any atom is -0.307 e. The SMILES string of the molecule is C=O.O=O. The van der Waals surface area contributed by atoms with Gasteiger partial charge in [0.2, 0.25) is 0 Å². The van der Waals surface area contributed by atoms with Gasteiger partial charge in [0.25, 0.3) is 0 Å². The van der Waals surface area contributed by atoms with Crippen molar-refractivity contribution in [1.82, 2.24) is 0 Å². The summed E-state index contributed by atoms with van der Waals surface area (Å²) in [7, 11) is 0. The second-order valence-electron chi connectivity index (χ2n) is 0. The molecule has 0 N–H and O–H groups in total. The van der Waals surface area contributed by atoms with Gasteiger partial charge < -0.3 is 4.79 Å². The zero-order valence-electron chi connectivity index (χ0n) is 1.93. The van der Waals surface area contributed by atoms with E-state index < -0.39 is 0 Å². The zero-order valence-corrected chi connectivity index (χ0v) is 1.93. The monoisotopic (exact) mass is 62.0 g/mol. The summed E-state index contributed by atoms with van der Waals surface area (Å²) in [5.74, 6) is 0. The van der Waals surface area contributed by atoms with Crippen LogP contribution in [0, 0.1) is 9.93 Å². The average Bonchev–Trinajstić information content (AvgIpc) is 1.50. The Balaban J connectivity index is 0. The lowest BCUT2D eigenvalue weighted by Gasteiger charge is -0.837. The first-order valence-electron chi connectivity index (χ1n) is 0.455. The van der Waals surface area contributed by atoms with Gasteiger partial charge in [0.15, 0.2) is 0 Å². The Hall–Kier alpha value is -0.730. The largest absolute Gasteiger partial charge is 0.307 e. The second kappa shape index (κ2) is 6.87. The molecule has 0 saturated carbocycles. The molecule has 0 radical (unpaired) electrons. The third-order valence-electron chi connectivity index (χ3n) is 0.